The molecule has 1 nitrogen and oxygen atoms in total. The highest BCUT2D eigenvalue weighted by Crippen LogP contribution is 2.29. The molecule has 1 N–H and O–H groups in total. The van der Waals surface area contributed by atoms with E-state index >= 15 is 0 Å². The Bertz CT molecular complexity index is 583. The first-order valence-corrected chi connectivity index (χ1v) is 7.24. The van der Waals surface area contributed by atoms with Crippen molar-refractivity contribution in [3.05, 3.63) is 70.0 Å². The topological polar surface area (TPSA) is 12.0 Å². The fourth-order valence-corrected chi connectivity index (χ4v) is 2.59. The lowest BCUT2D eigenvalue weighted by Crippen LogP contribution is -2.23. The van der Waals surface area contributed by atoms with Crippen LogP contribution in [0.5, 0.6) is 0 Å². The van der Waals surface area contributed by atoms with E-state index in [1.165, 1.54) is 6.07 Å². The number of aryl methyl sites for hydroxylation is 1. The molecule has 0 saturated heterocycles. The van der Waals surface area contributed by atoms with E-state index in [0.717, 1.165) is 29.7 Å². The van der Waals surface area contributed by atoms with Crippen molar-refractivity contribution in [1.82, 2.24) is 5.32 Å². The molecule has 0 amide bonds. The molecule has 2 aromatic rings. The van der Waals surface area contributed by atoms with E-state index in [0.29, 0.717) is 5.02 Å². The van der Waals surface area contributed by atoms with Crippen LogP contribution < -0.4 is 5.32 Å². The summed E-state index contributed by atoms with van der Waals surface area (Å²) in [5.41, 5.74) is 2.99. The molecule has 2 aromatic carbocycles. The average molecular weight is 292 g/mol. The van der Waals surface area contributed by atoms with Crippen molar-refractivity contribution < 1.29 is 4.39 Å². The third-order valence-corrected chi connectivity index (χ3v) is 3.57. The van der Waals surface area contributed by atoms with E-state index in [4.69, 9.17) is 11.6 Å². The van der Waals surface area contributed by atoms with Crippen molar-refractivity contribution in [2.24, 2.45) is 0 Å². The van der Waals surface area contributed by atoms with Gasteiger partial charge in [0, 0.05) is 5.02 Å². The number of benzene rings is 2. The lowest BCUT2D eigenvalue weighted by molar-refractivity contribution is 0.585. The molecule has 0 aromatic heterocycles. The van der Waals surface area contributed by atoms with Gasteiger partial charge in [0.2, 0.25) is 0 Å². The van der Waals surface area contributed by atoms with Crippen LogP contribution in [0.25, 0.3) is 0 Å². The number of halogens is 2. The van der Waals surface area contributed by atoms with Crippen LogP contribution in [0.1, 0.15) is 36.1 Å². The van der Waals surface area contributed by atoms with Crippen molar-refractivity contribution in [2.75, 3.05) is 6.54 Å². The smallest absolute Gasteiger partial charge is 0.123 e. The highest BCUT2D eigenvalue weighted by molar-refractivity contribution is 6.31. The first kappa shape index (κ1) is 15.0. The maximum atomic E-state index is 13.5. The van der Waals surface area contributed by atoms with Crippen molar-refractivity contribution in [1.29, 1.82) is 0 Å². The molecule has 1 atom stereocenters. The van der Waals surface area contributed by atoms with Crippen LogP contribution in [0.3, 0.4) is 0 Å². The number of nitrogens with one attached hydrogen (secondary N) is 1. The predicted molar refractivity (Wildman–Crippen MR) is 82.7 cm³/mol. The van der Waals surface area contributed by atoms with Gasteiger partial charge in [-0.2, -0.15) is 0 Å². The lowest BCUT2D eigenvalue weighted by Gasteiger charge is -2.21. The zero-order chi connectivity index (χ0) is 14.5. The second kappa shape index (κ2) is 6.87. The molecule has 0 radical (unpaired) electrons. The van der Waals surface area contributed by atoms with Gasteiger partial charge in [-0.15, -0.1) is 0 Å². The minimum Gasteiger partial charge on any atom is -0.306 e. The maximum Gasteiger partial charge on any atom is 0.123 e. The molecular formula is C17H19ClFN. The predicted octanol–water partition coefficient (Wildman–Crippen LogP) is 4.88. The molecule has 0 spiro atoms. The first-order chi connectivity index (χ1) is 9.61. The average Bonchev–Trinajstić information content (AvgIpc) is 2.41. The summed E-state index contributed by atoms with van der Waals surface area (Å²) in [7, 11) is 0. The Hall–Kier alpha value is -1.38. The highest BCUT2D eigenvalue weighted by Gasteiger charge is 2.16. The largest absolute Gasteiger partial charge is 0.306 e. The van der Waals surface area contributed by atoms with Crippen LogP contribution in [0.4, 0.5) is 4.39 Å². The Balaban J connectivity index is 2.41. The van der Waals surface area contributed by atoms with Crippen LogP contribution in [-0.2, 0) is 0 Å². The van der Waals surface area contributed by atoms with Gasteiger partial charge in [0.1, 0.15) is 5.82 Å². The van der Waals surface area contributed by atoms with Crippen LogP contribution >= 0.6 is 11.6 Å². The number of rotatable bonds is 5. The van der Waals surface area contributed by atoms with Gasteiger partial charge < -0.3 is 5.32 Å². The first-order valence-electron chi connectivity index (χ1n) is 6.86. The molecule has 0 bridgehead atoms. The monoisotopic (exact) mass is 291 g/mol. The summed E-state index contributed by atoms with van der Waals surface area (Å²) in [4.78, 5) is 0. The second-order valence-electron chi connectivity index (χ2n) is 4.97. The second-order valence-corrected chi connectivity index (χ2v) is 5.37. The van der Waals surface area contributed by atoms with Gasteiger partial charge in [0.15, 0.2) is 0 Å². The van der Waals surface area contributed by atoms with E-state index in [1.54, 1.807) is 12.1 Å². The Labute approximate surface area is 124 Å². The Morgan fingerprint density at radius 2 is 2.00 bits per heavy atom. The van der Waals surface area contributed by atoms with E-state index in [2.05, 4.69) is 12.2 Å². The molecule has 106 valence electrons. The van der Waals surface area contributed by atoms with E-state index in [9.17, 15) is 4.39 Å². The van der Waals surface area contributed by atoms with Gasteiger partial charge in [0.25, 0.3) is 0 Å². The van der Waals surface area contributed by atoms with Gasteiger partial charge in [0.05, 0.1) is 6.04 Å². The minimum absolute atomic E-state index is 0.0845. The minimum atomic E-state index is -0.228. The number of hydrogen-bond donors (Lipinski definition) is 1. The zero-order valence-corrected chi connectivity index (χ0v) is 12.5. The van der Waals surface area contributed by atoms with Gasteiger partial charge in [-0.25, -0.2) is 4.39 Å². The molecule has 0 aliphatic rings. The fraction of sp³-hybridized carbons (Fsp3) is 0.294. The summed E-state index contributed by atoms with van der Waals surface area (Å²) in [6.45, 7) is 4.96. The normalized spacial score (nSPS) is 12.4. The summed E-state index contributed by atoms with van der Waals surface area (Å²) in [6.07, 6.45) is 1.01. The van der Waals surface area contributed by atoms with Crippen molar-refractivity contribution in [3.8, 4) is 0 Å². The molecular weight excluding hydrogens is 273 g/mol. The molecule has 20 heavy (non-hydrogen) atoms. The third-order valence-electron chi connectivity index (χ3n) is 3.25. The van der Waals surface area contributed by atoms with Crippen molar-refractivity contribution in [2.45, 2.75) is 26.3 Å². The Morgan fingerprint density at radius 3 is 2.65 bits per heavy atom. The highest BCUT2D eigenvalue weighted by atomic mass is 35.5. The number of hydrogen-bond acceptors (Lipinski definition) is 1. The summed E-state index contributed by atoms with van der Waals surface area (Å²) in [5.74, 6) is -0.228. The molecule has 0 aliphatic heterocycles. The van der Waals surface area contributed by atoms with Crippen molar-refractivity contribution in [3.63, 3.8) is 0 Å². The molecule has 0 heterocycles. The molecule has 2 rings (SSSR count). The van der Waals surface area contributed by atoms with E-state index in [-0.39, 0.29) is 11.9 Å². The van der Waals surface area contributed by atoms with Gasteiger partial charge in [-0.1, -0.05) is 42.8 Å². The van der Waals surface area contributed by atoms with Gasteiger partial charge >= 0.3 is 0 Å². The Morgan fingerprint density at radius 1 is 1.20 bits per heavy atom. The molecule has 1 unspecified atom stereocenters. The fourth-order valence-electron chi connectivity index (χ4n) is 2.25. The molecule has 0 fully saturated rings. The van der Waals surface area contributed by atoms with Crippen LogP contribution in [0.2, 0.25) is 5.02 Å². The molecule has 0 aliphatic carbocycles. The standard InChI is InChI=1S/C17H19ClFN/c1-3-9-20-17(13-5-4-6-14(19)11-13)15-8-7-12(2)10-16(15)18/h4-8,10-11,17,20H,3,9H2,1-2H3. The van der Waals surface area contributed by atoms with Crippen LogP contribution in [0, 0.1) is 12.7 Å². The third kappa shape index (κ3) is 3.59. The summed E-state index contributed by atoms with van der Waals surface area (Å²) >= 11 is 6.36. The summed E-state index contributed by atoms with van der Waals surface area (Å²) in [5, 5.41) is 4.15. The maximum absolute atomic E-state index is 13.5. The lowest BCUT2D eigenvalue weighted by atomic mass is 9.97. The van der Waals surface area contributed by atoms with Crippen molar-refractivity contribution >= 4 is 11.6 Å². The van der Waals surface area contributed by atoms with E-state index in [1.807, 2.05) is 31.2 Å². The SMILES string of the molecule is CCCNC(c1cccc(F)c1)c1ccc(C)cc1Cl. The van der Waals surface area contributed by atoms with Gasteiger partial charge in [-0.05, 0) is 54.8 Å². The summed E-state index contributed by atoms with van der Waals surface area (Å²) in [6, 6.07) is 12.6. The zero-order valence-electron chi connectivity index (χ0n) is 11.8. The van der Waals surface area contributed by atoms with E-state index < -0.39 is 0 Å². The van der Waals surface area contributed by atoms with Crippen LogP contribution in [0.15, 0.2) is 42.5 Å². The molecule has 0 saturated carbocycles. The summed E-state index contributed by atoms with van der Waals surface area (Å²) < 4.78 is 13.5. The molecule has 3 heteroatoms. The van der Waals surface area contributed by atoms with Gasteiger partial charge in [-0.3, -0.25) is 0 Å². The Kier molecular flexibility index (Phi) is 5.16. The quantitative estimate of drug-likeness (QED) is 0.828. The van der Waals surface area contributed by atoms with Crippen LogP contribution in [-0.4, -0.2) is 6.54 Å².